The Morgan fingerprint density at radius 2 is 1.96 bits per heavy atom. The van der Waals surface area contributed by atoms with Gasteiger partial charge in [-0.25, -0.2) is 0 Å². The summed E-state index contributed by atoms with van der Waals surface area (Å²) in [5.74, 6) is -0.313. The van der Waals surface area contributed by atoms with Crippen LogP contribution in [0.1, 0.15) is 36.5 Å². The fourth-order valence-corrected chi connectivity index (χ4v) is 3.26. The van der Waals surface area contributed by atoms with Crippen molar-refractivity contribution in [3.63, 3.8) is 0 Å². The van der Waals surface area contributed by atoms with Crippen LogP contribution in [0.5, 0.6) is 0 Å². The molecule has 1 aromatic carbocycles. The summed E-state index contributed by atoms with van der Waals surface area (Å²) in [5, 5.41) is 2.89. The third-order valence-electron chi connectivity index (χ3n) is 4.30. The Labute approximate surface area is 138 Å². The molecule has 2 unspecified atom stereocenters. The van der Waals surface area contributed by atoms with Crippen molar-refractivity contribution in [1.82, 2.24) is 5.32 Å². The number of carbonyl (C=O) groups is 2. The number of aryl methyl sites for hydroxylation is 3. The van der Waals surface area contributed by atoms with Crippen LogP contribution < -0.4 is 16.0 Å². The molecule has 1 heterocycles. The van der Waals surface area contributed by atoms with E-state index in [1.54, 1.807) is 4.90 Å². The molecule has 5 heteroatoms. The number of hydrogen-bond acceptors (Lipinski definition) is 3. The van der Waals surface area contributed by atoms with Crippen molar-refractivity contribution in [2.24, 2.45) is 11.7 Å². The molecular formula is C18H27N3O2. The summed E-state index contributed by atoms with van der Waals surface area (Å²) in [6, 6.07) is 4.21. The maximum absolute atomic E-state index is 12.4. The predicted octanol–water partition coefficient (Wildman–Crippen LogP) is 1.82. The molecule has 3 N–H and O–H groups in total. The Kier molecular flexibility index (Phi) is 5.42. The van der Waals surface area contributed by atoms with E-state index in [9.17, 15) is 9.59 Å². The minimum absolute atomic E-state index is 0.0207. The summed E-state index contributed by atoms with van der Waals surface area (Å²) < 4.78 is 0. The number of benzene rings is 1. The average Bonchev–Trinajstić information content (AvgIpc) is 2.79. The van der Waals surface area contributed by atoms with Gasteiger partial charge in [0.1, 0.15) is 0 Å². The number of nitrogens with zero attached hydrogens (tertiary/aromatic N) is 1. The van der Waals surface area contributed by atoms with E-state index in [-0.39, 0.29) is 30.2 Å². The second-order valence-electron chi connectivity index (χ2n) is 6.71. The molecule has 126 valence electrons. The van der Waals surface area contributed by atoms with Gasteiger partial charge in [-0.2, -0.15) is 0 Å². The standard InChI is InChI=1S/C18H27N3O2/c1-11-7-12(2)17(13(3)8-11)21-10-15(9-16(21)22)18(23)20-6-5-14(4)19/h7-8,14-15H,5-6,9-10,19H2,1-4H3,(H,20,23). The molecule has 1 aliphatic heterocycles. The molecular weight excluding hydrogens is 290 g/mol. The fraction of sp³-hybridized carbons (Fsp3) is 0.556. The largest absolute Gasteiger partial charge is 0.356 e. The van der Waals surface area contributed by atoms with Gasteiger partial charge in [-0.3, -0.25) is 9.59 Å². The first-order valence-electron chi connectivity index (χ1n) is 8.21. The number of carbonyl (C=O) groups excluding carboxylic acids is 2. The number of anilines is 1. The molecule has 0 bridgehead atoms. The lowest BCUT2D eigenvalue weighted by Crippen LogP contribution is -2.35. The highest BCUT2D eigenvalue weighted by atomic mass is 16.2. The summed E-state index contributed by atoms with van der Waals surface area (Å²) in [5.41, 5.74) is 9.97. The molecule has 0 aromatic heterocycles. The van der Waals surface area contributed by atoms with Crippen molar-refractivity contribution in [2.75, 3.05) is 18.0 Å². The fourth-order valence-electron chi connectivity index (χ4n) is 3.26. The molecule has 1 fully saturated rings. The molecule has 0 radical (unpaired) electrons. The molecule has 2 amide bonds. The quantitative estimate of drug-likeness (QED) is 0.870. The van der Waals surface area contributed by atoms with Gasteiger partial charge in [0.15, 0.2) is 0 Å². The molecule has 0 aliphatic carbocycles. The highest BCUT2D eigenvalue weighted by molar-refractivity contribution is 6.01. The molecule has 0 spiro atoms. The molecule has 23 heavy (non-hydrogen) atoms. The number of rotatable bonds is 5. The first-order valence-corrected chi connectivity index (χ1v) is 8.21. The van der Waals surface area contributed by atoms with E-state index < -0.39 is 0 Å². The Hall–Kier alpha value is -1.88. The maximum Gasteiger partial charge on any atom is 0.227 e. The molecule has 5 nitrogen and oxygen atoms in total. The van der Waals surface area contributed by atoms with Crippen molar-refractivity contribution in [3.05, 3.63) is 28.8 Å². The van der Waals surface area contributed by atoms with Gasteiger partial charge >= 0.3 is 0 Å². The molecule has 2 rings (SSSR count). The van der Waals surface area contributed by atoms with Crippen LogP contribution in [0.4, 0.5) is 5.69 Å². The number of hydrogen-bond donors (Lipinski definition) is 2. The highest BCUT2D eigenvalue weighted by Crippen LogP contribution is 2.31. The van der Waals surface area contributed by atoms with E-state index in [0.717, 1.165) is 23.2 Å². The van der Waals surface area contributed by atoms with Crippen molar-refractivity contribution < 1.29 is 9.59 Å². The summed E-state index contributed by atoms with van der Waals surface area (Å²) in [4.78, 5) is 26.4. The van der Waals surface area contributed by atoms with E-state index in [0.29, 0.717) is 13.1 Å². The van der Waals surface area contributed by atoms with Crippen LogP contribution in [-0.2, 0) is 9.59 Å². The molecule has 2 atom stereocenters. The van der Waals surface area contributed by atoms with E-state index in [2.05, 4.69) is 17.4 Å². The number of amides is 2. The van der Waals surface area contributed by atoms with Crippen LogP contribution in [0.3, 0.4) is 0 Å². The van der Waals surface area contributed by atoms with E-state index in [1.807, 2.05) is 27.7 Å². The van der Waals surface area contributed by atoms with E-state index in [1.165, 1.54) is 5.56 Å². The van der Waals surface area contributed by atoms with E-state index in [4.69, 9.17) is 5.73 Å². The maximum atomic E-state index is 12.4. The van der Waals surface area contributed by atoms with Crippen LogP contribution in [0.25, 0.3) is 0 Å². The third-order valence-corrected chi connectivity index (χ3v) is 4.30. The minimum atomic E-state index is -0.282. The van der Waals surface area contributed by atoms with Gasteiger partial charge in [0, 0.05) is 31.2 Å². The first kappa shape index (κ1) is 17.5. The molecule has 1 aromatic rings. The van der Waals surface area contributed by atoms with Crippen molar-refractivity contribution in [3.8, 4) is 0 Å². The SMILES string of the molecule is Cc1cc(C)c(N2CC(C(=O)NCCC(C)N)CC2=O)c(C)c1. The molecule has 1 saturated heterocycles. The van der Waals surface area contributed by atoms with Gasteiger partial charge in [-0.15, -0.1) is 0 Å². The van der Waals surface area contributed by atoms with Crippen LogP contribution >= 0.6 is 0 Å². The Morgan fingerprint density at radius 3 is 2.52 bits per heavy atom. The topological polar surface area (TPSA) is 75.4 Å². The number of nitrogens with one attached hydrogen (secondary N) is 1. The summed E-state index contributed by atoms with van der Waals surface area (Å²) in [7, 11) is 0. The Morgan fingerprint density at radius 1 is 1.35 bits per heavy atom. The van der Waals surface area contributed by atoms with Crippen LogP contribution in [0.15, 0.2) is 12.1 Å². The van der Waals surface area contributed by atoms with Crippen LogP contribution in [0, 0.1) is 26.7 Å². The van der Waals surface area contributed by atoms with Crippen molar-refractivity contribution in [1.29, 1.82) is 0 Å². The smallest absolute Gasteiger partial charge is 0.227 e. The lowest BCUT2D eigenvalue weighted by Gasteiger charge is -2.22. The van der Waals surface area contributed by atoms with Gasteiger partial charge in [-0.05, 0) is 45.2 Å². The van der Waals surface area contributed by atoms with Gasteiger partial charge in [0.2, 0.25) is 11.8 Å². The minimum Gasteiger partial charge on any atom is -0.356 e. The van der Waals surface area contributed by atoms with Crippen LogP contribution in [-0.4, -0.2) is 30.9 Å². The van der Waals surface area contributed by atoms with Crippen LogP contribution in [0.2, 0.25) is 0 Å². The zero-order valence-corrected chi connectivity index (χ0v) is 14.5. The Balaban J connectivity index is 2.07. The second-order valence-corrected chi connectivity index (χ2v) is 6.71. The van der Waals surface area contributed by atoms with Gasteiger partial charge in [0.25, 0.3) is 0 Å². The van der Waals surface area contributed by atoms with Gasteiger partial charge in [-0.1, -0.05) is 17.7 Å². The molecule has 1 aliphatic rings. The highest BCUT2D eigenvalue weighted by Gasteiger charge is 2.36. The Bertz CT molecular complexity index is 587. The second kappa shape index (κ2) is 7.13. The molecule has 0 saturated carbocycles. The monoisotopic (exact) mass is 317 g/mol. The zero-order chi connectivity index (χ0) is 17.1. The van der Waals surface area contributed by atoms with Gasteiger partial charge < -0.3 is 16.0 Å². The lowest BCUT2D eigenvalue weighted by atomic mass is 10.0. The lowest BCUT2D eigenvalue weighted by molar-refractivity contribution is -0.126. The average molecular weight is 317 g/mol. The van der Waals surface area contributed by atoms with E-state index >= 15 is 0 Å². The summed E-state index contributed by atoms with van der Waals surface area (Å²) in [6.07, 6.45) is 1.02. The van der Waals surface area contributed by atoms with Gasteiger partial charge in [0.05, 0.1) is 5.92 Å². The van der Waals surface area contributed by atoms with Crippen molar-refractivity contribution >= 4 is 17.5 Å². The summed E-state index contributed by atoms with van der Waals surface area (Å²) >= 11 is 0. The third kappa shape index (κ3) is 4.10. The normalized spacial score (nSPS) is 19.1. The number of nitrogens with two attached hydrogens (primary N) is 1. The predicted molar refractivity (Wildman–Crippen MR) is 92.4 cm³/mol. The summed E-state index contributed by atoms with van der Waals surface area (Å²) in [6.45, 7) is 8.99. The zero-order valence-electron chi connectivity index (χ0n) is 14.5. The van der Waals surface area contributed by atoms with Crippen molar-refractivity contribution in [2.45, 2.75) is 46.6 Å². The first-order chi connectivity index (χ1) is 10.8.